The van der Waals surface area contributed by atoms with Gasteiger partial charge >= 0.3 is 0 Å². The monoisotopic (exact) mass is 266 g/mol. The van der Waals surface area contributed by atoms with Crippen LogP contribution in [0.5, 0.6) is 0 Å². The van der Waals surface area contributed by atoms with Crippen molar-refractivity contribution < 1.29 is 4.79 Å². The van der Waals surface area contributed by atoms with E-state index in [2.05, 4.69) is 11.9 Å². The predicted octanol–water partition coefficient (Wildman–Crippen LogP) is 3.39. The van der Waals surface area contributed by atoms with Gasteiger partial charge in [-0.2, -0.15) is 0 Å². The summed E-state index contributed by atoms with van der Waals surface area (Å²) in [5.74, 6) is 0.531. The summed E-state index contributed by atoms with van der Waals surface area (Å²) in [5, 5.41) is 0.554. The molecule has 1 amide bonds. The SMILES string of the molecule is C[C@@H]1CCCC[C@H]1N(C)C(=O)c1cc(Cl)ccn1. The minimum absolute atomic E-state index is 0.0312. The molecular formula is C14H19ClN2O. The second-order valence-corrected chi connectivity index (χ2v) is 5.54. The second-order valence-electron chi connectivity index (χ2n) is 5.10. The lowest BCUT2D eigenvalue weighted by Gasteiger charge is -2.36. The lowest BCUT2D eigenvalue weighted by atomic mass is 9.85. The lowest BCUT2D eigenvalue weighted by Crippen LogP contribution is -2.42. The Bertz CT molecular complexity index is 436. The van der Waals surface area contributed by atoms with Gasteiger partial charge in [0, 0.05) is 24.3 Å². The van der Waals surface area contributed by atoms with Crippen LogP contribution in [0.4, 0.5) is 0 Å². The van der Waals surface area contributed by atoms with Crippen molar-refractivity contribution in [3.8, 4) is 0 Å². The van der Waals surface area contributed by atoms with Crippen LogP contribution in [-0.4, -0.2) is 28.9 Å². The molecule has 0 spiro atoms. The highest BCUT2D eigenvalue weighted by Crippen LogP contribution is 2.28. The number of hydrogen-bond donors (Lipinski definition) is 0. The van der Waals surface area contributed by atoms with Crippen molar-refractivity contribution >= 4 is 17.5 Å². The van der Waals surface area contributed by atoms with Crippen LogP contribution in [0.15, 0.2) is 18.3 Å². The van der Waals surface area contributed by atoms with Gasteiger partial charge in [0.15, 0.2) is 0 Å². The van der Waals surface area contributed by atoms with Crippen LogP contribution in [0.3, 0.4) is 0 Å². The topological polar surface area (TPSA) is 33.2 Å². The Morgan fingerprint density at radius 2 is 2.17 bits per heavy atom. The highest BCUT2D eigenvalue weighted by Gasteiger charge is 2.28. The molecule has 18 heavy (non-hydrogen) atoms. The fourth-order valence-electron chi connectivity index (χ4n) is 2.73. The van der Waals surface area contributed by atoms with E-state index in [4.69, 9.17) is 11.6 Å². The van der Waals surface area contributed by atoms with Gasteiger partial charge in [0.1, 0.15) is 5.69 Å². The van der Waals surface area contributed by atoms with Crippen molar-refractivity contribution in [1.82, 2.24) is 9.88 Å². The molecule has 1 aromatic heterocycles. The van der Waals surface area contributed by atoms with Crippen molar-refractivity contribution in [2.75, 3.05) is 7.05 Å². The third kappa shape index (κ3) is 2.83. The number of rotatable bonds is 2. The van der Waals surface area contributed by atoms with Gasteiger partial charge in [-0.05, 0) is 30.9 Å². The van der Waals surface area contributed by atoms with Crippen LogP contribution >= 0.6 is 11.6 Å². The second kappa shape index (κ2) is 5.70. The molecule has 98 valence electrons. The minimum atomic E-state index is -0.0312. The third-order valence-corrected chi connectivity index (χ3v) is 4.06. The van der Waals surface area contributed by atoms with Gasteiger partial charge in [-0.1, -0.05) is 31.4 Å². The molecular weight excluding hydrogens is 248 g/mol. The average Bonchev–Trinajstić information content (AvgIpc) is 2.37. The zero-order valence-electron chi connectivity index (χ0n) is 10.9. The first kappa shape index (κ1) is 13.3. The number of amides is 1. The quantitative estimate of drug-likeness (QED) is 0.822. The Kier molecular flexibility index (Phi) is 4.23. The van der Waals surface area contributed by atoms with Gasteiger partial charge in [-0.25, -0.2) is 0 Å². The molecule has 0 aliphatic heterocycles. The molecule has 1 fully saturated rings. The van der Waals surface area contributed by atoms with Crippen LogP contribution in [0.1, 0.15) is 43.1 Å². The fourth-order valence-corrected chi connectivity index (χ4v) is 2.88. The van der Waals surface area contributed by atoms with Gasteiger partial charge in [0.25, 0.3) is 5.91 Å². The zero-order valence-corrected chi connectivity index (χ0v) is 11.7. The van der Waals surface area contributed by atoms with Gasteiger partial charge in [0.05, 0.1) is 0 Å². The standard InChI is InChI=1S/C14H19ClN2O/c1-10-5-3-4-6-13(10)17(2)14(18)12-9-11(15)7-8-16-12/h7-10,13H,3-6H2,1-2H3/t10-,13-/m1/s1. The van der Waals surface area contributed by atoms with E-state index < -0.39 is 0 Å². The van der Waals surface area contributed by atoms with Crippen molar-refractivity contribution in [1.29, 1.82) is 0 Å². The number of pyridine rings is 1. The minimum Gasteiger partial charge on any atom is -0.337 e. The van der Waals surface area contributed by atoms with E-state index in [9.17, 15) is 4.79 Å². The molecule has 1 aliphatic carbocycles. The summed E-state index contributed by atoms with van der Waals surface area (Å²) in [6.07, 6.45) is 6.34. The predicted molar refractivity (Wildman–Crippen MR) is 72.8 cm³/mol. The van der Waals surface area contributed by atoms with Crippen LogP contribution in [0.25, 0.3) is 0 Å². The Balaban J connectivity index is 2.13. The Morgan fingerprint density at radius 3 is 2.83 bits per heavy atom. The van der Waals surface area contributed by atoms with Gasteiger partial charge < -0.3 is 4.90 Å². The average molecular weight is 267 g/mol. The molecule has 4 heteroatoms. The van der Waals surface area contributed by atoms with Crippen LogP contribution in [0.2, 0.25) is 5.02 Å². The summed E-state index contributed by atoms with van der Waals surface area (Å²) in [5.41, 5.74) is 0.433. The molecule has 0 N–H and O–H groups in total. The van der Waals surface area contributed by atoms with Crippen molar-refractivity contribution in [2.45, 2.75) is 38.6 Å². The maximum atomic E-state index is 12.3. The number of carbonyl (C=O) groups is 1. The summed E-state index contributed by atoms with van der Waals surface area (Å²) in [6, 6.07) is 3.64. The van der Waals surface area contributed by atoms with E-state index in [-0.39, 0.29) is 5.91 Å². The Morgan fingerprint density at radius 1 is 1.44 bits per heavy atom. The van der Waals surface area contributed by atoms with E-state index in [1.807, 2.05) is 11.9 Å². The van der Waals surface area contributed by atoms with E-state index in [0.29, 0.717) is 22.7 Å². The number of halogens is 1. The Hall–Kier alpha value is -1.09. The summed E-state index contributed by atoms with van der Waals surface area (Å²) in [6.45, 7) is 2.22. The first-order valence-corrected chi connectivity index (χ1v) is 6.86. The number of hydrogen-bond acceptors (Lipinski definition) is 2. The van der Waals surface area contributed by atoms with Crippen molar-refractivity contribution in [3.05, 3.63) is 29.0 Å². The number of nitrogens with zero attached hydrogens (tertiary/aromatic N) is 2. The molecule has 1 heterocycles. The first-order valence-electron chi connectivity index (χ1n) is 6.48. The molecule has 0 aromatic carbocycles. The highest BCUT2D eigenvalue weighted by atomic mass is 35.5. The van der Waals surface area contributed by atoms with E-state index in [1.165, 1.54) is 19.3 Å². The van der Waals surface area contributed by atoms with E-state index in [0.717, 1.165) is 6.42 Å². The Labute approximate surface area is 113 Å². The van der Waals surface area contributed by atoms with Crippen LogP contribution in [-0.2, 0) is 0 Å². The number of aromatic nitrogens is 1. The summed E-state index contributed by atoms with van der Waals surface area (Å²) >= 11 is 5.90. The van der Waals surface area contributed by atoms with Gasteiger partial charge in [-0.3, -0.25) is 9.78 Å². The molecule has 1 aromatic rings. The smallest absolute Gasteiger partial charge is 0.272 e. The molecule has 0 saturated heterocycles. The molecule has 0 bridgehead atoms. The molecule has 1 saturated carbocycles. The normalized spacial score (nSPS) is 23.7. The molecule has 0 radical (unpaired) electrons. The fraction of sp³-hybridized carbons (Fsp3) is 0.571. The molecule has 0 unspecified atom stereocenters. The first-order chi connectivity index (χ1) is 8.59. The maximum Gasteiger partial charge on any atom is 0.272 e. The zero-order chi connectivity index (χ0) is 13.1. The van der Waals surface area contributed by atoms with Crippen LogP contribution < -0.4 is 0 Å². The van der Waals surface area contributed by atoms with Gasteiger partial charge in [0.2, 0.25) is 0 Å². The third-order valence-electron chi connectivity index (χ3n) is 3.83. The van der Waals surface area contributed by atoms with E-state index in [1.54, 1.807) is 18.3 Å². The molecule has 2 rings (SSSR count). The highest BCUT2D eigenvalue weighted by molar-refractivity contribution is 6.30. The molecule has 2 atom stereocenters. The lowest BCUT2D eigenvalue weighted by molar-refractivity contribution is 0.0623. The van der Waals surface area contributed by atoms with Crippen molar-refractivity contribution in [3.63, 3.8) is 0 Å². The van der Waals surface area contributed by atoms with Crippen molar-refractivity contribution in [2.24, 2.45) is 5.92 Å². The largest absolute Gasteiger partial charge is 0.337 e. The van der Waals surface area contributed by atoms with Gasteiger partial charge in [-0.15, -0.1) is 0 Å². The number of carbonyl (C=O) groups excluding carboxylic acids is 1. The molecule has 3 nitrogen and oxygen atoms in total. The van der Waals surface area contributed by atoms with E-state index >= 15 is 0 Å². The molecule has 1 aliphatic rings. The summed E-state index contributed by atoms with van der Waals surface area (Å²) < 4.78 is 0. The maximum absolute atomic E-state index is 12.3. The van der Waals surface area contributed by atoms with Crippen LogP contribution in [0, 0.1) is 5.92 Å². The summed E-state index contributed by atoms with van der Waals surface area (Å²) in [7, 11) is 1.87. The summed E-state index contributed by atoms with van der Waals surface area (Å²) in [4.78, 5) is 18.3.